The zero-order valence-electron chi connectivity index (χ0n) is 13.2. The van der Waals surface area contributed by atoms with Gasteiger partial charge in [0.1, 0.15) is 6.07 Å². The van der Waals surface area contributed by atoms with Crippen molar-refractivity contribution in [2.75, 3.05) is 18.0 Å². The first-order chi connectivity index (χ1) is 10.7. The Labute approximate surface area is 131 Å². The van der Waals surface area contributed by atoms with Crippen LogP contribution in [0.1, 0.15) is 37.9 Å². The van der Waals surface area contributed by atoms with Gasteiger partial charge in [0.25, 0.3) is 0 Å². The van der Waals surface area contributed by atoms with Crippen molar-refractivity contribution >= 4 is 5.82 Å². The van der Waals surface area contributed by atoms with Crippen LogP contribution in [0, 0.1) is 17.2 Å². The van der Waals surface area contributed by atoms with E-state index in [1.807, 2.05) is 12.1 Å². The fourth-order valence-corrected chi connectivity index (χ4v) is 2.79. The van der Waals surface area contributed by atoms with Crippen LogP contribution in [0.25, 0.3) is 5.69 Å². The Kier molecular flexibility index (Phi) is 4.10. The van der Waals surface area contributed by atoms with Crippen LogP contribution in [0.5, 0.6) is 0 Å². The second kappa shape index (κ2) is 6.18. The third kappa shape index (κ3) is 2.82. The van der Waals surface area contributed by atoms with Gasteiger partial charge in [-0.15, -0.1) is 15.0 Å². The van der Waals surface area contributed by atoms with E-state index >= 15 is 0 Å². The molecule has 1 aromatic heterocycles. The standard InChI is InChI=1S/C17H21N5/c1-3-14-4-6-15(7-5-14)22-19-16(12-18)17(20-22)21-10-8-13(2)9-11-21/h4-7,13H,3,8-11H2,1-2H3. The van der Waals surface area contributed by atoms with E-state index in [1.54, 1.807) is 4.80 Å². The third-order valence-corrected chi connectivity index (χ3v) is 4.36. The maximum Gasteiger partial charge on any atom is 0.207 e. The van der Waals surface area contributed by atoms with Gasteiger partial charge in [-0.3, -0.25) is 0 Å². The molecule has 0 N–H and O–H groups in total. The summed E-state index contributed by atoms with van der Waals surface area (Å²) in [5.41, 5.74) is 2.58. The van der Waals surface area contributed by atoms with Gasteiger partial charge in [-0.05, 0) is 42.9 Å². The van der Waals surface area contributed by atoms with Gasteiger partial charge < -0.3 is 4.90 Å². The quantitative estimate of drug-likeness (QED) is 0.873. The highest BCUT2D eigenvalue weighted by atomic mass is 15.5. The van der Waals surface area contributed by atoms with Crippen molar-refractivity contribution in [2.24, 2.45) is 5.92 Å². The summed E-state index contributed by atoms with van der Waals surface area (Å²) in [7, 11) is 0. The van der Waals surface area contributed by atoms with Crippen LogP contribution in [-0.4, -0.2) is 28.1 Å². The van der Waals surface area contributed by atoms with Crippen LogP contribution in [0.3, 0.4) is 0 Å². The molecule has 1 saturated heterocycles. The summed E-state index contributed by atoms with van der Waals surface area (Å²) in [6.07, 6.45) is 3.29. The first kappa shape index (κ1) is 14.6. The van der Waals surface area contributed by atoms with Crippen molar-refractivity contribution in [1.82, 2.24) is 15.0 Å². The molecule has 3 rings (SSSR count). The number of aromatic nitrogens is 3. The lowest BCUT2D eigenvalue weighted by molar-refractivity contribution is 0.436. The van der Waals surface area contributed by atoms with E-state index in [9.17, 15) is 5.26 Å². The molecule has 5 heteroatoms. The fraction of sp³-hybridized carbons (Fsp3) is 0.471. The van der Waals surface area contributed by atoms with Crippen LogP contribution in [-0.2, 0) is 6.42 Å². The van der Waals surface area contributed by atoms with E-state index in [2.05, 4.69) is 47.1 Å². The molecule has 1 aliphatic heterocycles. The smallest absolute Gasteiger partial charge is 0.207 e. The molecule has 2 heterocycles. The molecule has 22 heavy (non-hydrogen) atoms. The number of piperidine rings is 1. The predicted molar refractivity (Wildman–Crippen MR) is 86.1 cm³/mol. The van der Waals surface area contributed by atoms with Gasteiger partial charge in [0, 0.05) is 13.1 Å². The molecular weight excluding hydrogens is 274 g/mol. The monoisotopic (exact) mass is 295 g/mol. The fourth-order valence-electron chi connectivity index (χ4n) is 2.79. The molecule has 2 aromatic rings. The number of nitrogens with zero attached hydrogens (tertiary/aromatic N) is 5. The van der Waals surface area contributed by atoms with Gasteiger partial charge in [-0.2, -0.15) is 5.26 Å². The summed E-state index contributed by atoms with van der Waals surface area (Å²) in [6.45, 7) is 6.30. The van der Waals surface area contributed by atoms with Gasteiger partial charge in [0.05, 0.1) is 5.69 Å². The number of nitriles is 1. The average molecular weight is 295 g/mol. The lowest BCUT2D eigenvalue weighted by atomic mass is 9.99. The number of benzene rings is 1. The van der Waals surface area contributed by atoms with Gasteiger partial charge in [0.15, 0.2) is 5.82 Å². The predicted octanol–water partition coefficient (Wildman–Crippen LogP) is 2.94. The van der Waals surface area contributed by atoms with Gasteiger partial charge in [-0.25, -0.2) is 0 Å². The van der Waals surface area contributed by atoms with Crippen LogP contribution < -0.4 is 4.90 Å². The highest BCUT2D eigenvalue weighted by Crippen LogP contribution is 2.24. The molecule has 0 aliphatic carbocycles. The zero-order valence-corrected chi connectivity index (χ0v) is 13.2. The second-order valence-electron chi connectivity index (χ2n) is 5.96. The topological polar surface area (TPSA) is 57.7 Å². The van der Waals surface area contributed by atoms with E-state index in [0.717, 1.165) is 44.0 Å². The molecule has 0 spiro atoms. The lowest BCUT2D eigenvalue weighted by Gasteiger charge is -2.30. The Morgan fingerprint density at radius 2 is 1.86 bits per heavy atom. The maximum absolute atomic E-state index is 9.35. The Bertz CT molecular complexity index is 672. The summed E-state index contributed by atoms with van der Waals surface area (Å²) >= 11 is 0. The Hall–Kier alpha value is -2.35. The van der Waals surface area contributed by atoms with Crippen LogP contribution in [0.15, 0.2) is 24.3 Å². The molecule has 1 aliphatic rings. The van der Waals surface area contributed by atoms with E-state index in [-0.39, 0.29) is 0 Å². The molecule has 114 valence electrons. The number of rotatable bonds is 3. The molecule has 0 bridgehead atoms. The van der Waals surface area contributed by atoms with E-state index in [4.69, 9.17) is 0 Å². The van der Waals surface area contributed by atoms with Crippen molar-refractivity contribution in [3.63, 3.8) is 0 Å². The van der Waals surface area contributed by atoms with Crippen LogP contribution >= 0.6 is 0 Å². The van der Waals surface area contributed by atoms with Crippen molar-refractivity contribution < 1.29 is 0 Å². The van der Waals surface area contributed by atoms with E-state index < -0.39 is 0 Å². The normalized spacial score (nSPS) is 15.8. The van der Waals surface area contributed by atoms with Crippen molar-refractivity contribution in [1.29, 1.82) is 5.26 Å². The molecule has 0 unspecified atom stereocenters. The molecule has 5 nitrogen and oxygen atoms in total. The number of aryl methyl sites for hydroxylation is 1. The average Bonchev–Trinajstić information content (AvgIpc) is 3.00. The first-order valence-electron chi connectivity index (χ1n) is 7.93. The number of hydrogen-bond donors (Lipinski definition) is 0. The van der Waals surface area contributed by atoms with E-state index in [0.29, 0.717) is 11.5 Å². The summed E-state index contributed by atoms with van der Waals surface area (Å²) in [5, 5.41) is 18.3. The Morgan fingerprint density at radius 1 is 1.18 bits per heavy atom. The largest absolute Gasteiger partial charge is 0.353 e. The molecular formula is C17H21N5. The van der Waals surface area contributed by atoms with Crippen molar-refractivity contribution in [3.05, 3.63) is 35.5 Å². The lowest BCUT2D eigenvalue weighted by Crippen LogP contribution is -2.33. The van der Waals surface area contributed by atoms with Crippen LogP contribution in [0.4, 0.5) is 5.82 Å². The zero-order chi connectivity index (χ0) is 15.5. The third-order valence-electron chi connectivity index (χ3n) is 4.36. The maximum atomic E-state index is 9.35. The first-order valence-corrected chi connectivity index (χ1v) is 7.93. The summed E-state index contributed by atoms with van der Waals surface area (Å²) in [6, 6.07) is 10.3. The SMILES string of the molecule is CCc1ccc(-n2nc(C#N)c(N3CCC(C)CC3)n2)cc1. The van der Waals surface area contributed by atoms with Gasteiger partial charge in [0.2, 0.25) is 5.69 Å². The highest BCUT2D eigenvalue weighted by Gasteiger charge is 2.22. The number of anilines is 1. The molecule has 1 aromatic carbocycles. The summed E-state index contributed by atoms with van der Waals surface area (Å²) in [4.78, 5) is 3.76. The summed E-state index contributed by atoms with van der Waals surface area (Å²) < 4.78 is 0. The molecule has 1 fully saturated rings. The molecule has 0 saturated carbocycles. The second-order valence-corrected chi connectivity index (χ2v) is 5.96. The highest BCUT2D eigenvalue weighted by molar-refractivity contribution is 5.50. The minimum atomic E-state index is 0.411. The van der Waals surface area contributed by atoms with Gasteiger partial charge >= 0.3 is 0 Å². The molecule has 0 atom stereocenters. The van der Waals surface area contributed by atoms with Crippen molar-refractivity contribution in [3.8, 4) is 11.8 Å². The summed E-state index contributed by atoms with van der Waals surface area (Å²) in [5.74, 6) is 1.47. The van der Waals surface area contributed by atoms with E-state index in [1.165, 1.54) is 5.56 Å². The van der Waals surface area contributed by atoms with Crippen molar-refractivity contribution in [2.45, 2.75) is 33.1 Å². The van der Waals surface area contributed by atoms with Gasteiger partial charge in [-0.1, -0.05) is 26.0 Å². The molecule has 0 radical (unpaired) electrons. The Morgan fingerprint density at radius 3 is 2.45 bits per heavy atom. The number of hydrogen-bond acceptors (Lipinski definition) is 4. The minimum Gasteiger partial charge on any atom is -0.353 e. The minimum absolute atomic E-state index is 0.411. The molecule has 0 amide bonds. The van der Waals surface area contributed by atoms with Crippen LogP contribution in [0.2, 0.25) is 0 Å². The Balaban J connectivity index is 1.89.